The summed E-state index contributed by atoms with van der Waals surface area (Å²) >= 11 is 0. The van der Waals surface area contributed by atoms with Crippen LogP contribution < -0.4 is 4.90 Å². The number of carboxylic acid groups (broad SMARTS) is 1. The number of anilines is 1. The number of hydrogen-bond acceptors (Lipinski definition) is 6. The van der Waals surface area contributed by atoms with Crippen molar-refractivity contribution in [2.45, 2.75) is 51.5 Å². The summed E-state index contributed by atoms with van der Waals surface area (Å²) in [4.78, 5) is 13.5. The van der Waals surface area contributed by atoms with Crippen LogP contribution in [-0.4, -0.2) is 39.0 Å². The second-order valence-corrected chi connectivity index (χ2v) is 8.02. The van der Waals surface area contributed by atoms with Crippen molar-refractivity contribution in [2.24, 2.45) is 5.92 Å². The summed E-state index contributed by atoms with van der Waals surface area (Å²) in [6, 6.07) is 7.54. The number of nitriles is 1. The highest BCUT2D eigenvalue weighted by molar-refractivity contribution is 5.73. The van der Waals surface area contributed by atoms with Crippen LogP contribution in [0.25, 0.3) is 11.3 Å². The molecule has 0 saturated heterocycles. The van der Waals surface area contributed by atoms with Crippen LogP contribution >= 0.6 is 0 Å². The summed E-state index contributed by atoms with van der Waals surface area (Å²) in [7, 11) is 0. The summed E-state index contributed by atoms with van der Waals surface area (Å²) in [6.07, 6.45) is 5.03. The van der Waals surface area contributed by atoms with E-state index in [1.54, 1.807) is 6.07 Å². The lowest BCUT2D eigenvalue weighted by Gasteiger charge is -2.39. The van der Waals surface area contributed by atoms with Gasteiger partial charge in [-0.25, -0.2) is 0 Å². The molecule has 1 fully saturated rings. The van der Waals surface area contributed by atoms with Crippen LogP contribution in [0.3, 0.4) is 0 Å². The van der Waals surface area contributed by atoms with E-state index in [2.05, 4.69) is 15.1 Å². The summed E-state index contributed by atoms with van der Waals surface area (Å²) in [5, 5.41) is 37.6. The van der Waals surface area contributed by atoms with Crippen molar-refractivity contribution in [3.8, 4) is 23.1 Å². The lowest BCUT2D eigenvalue weighted by atomic mass is 9.84. The highest BCUT2D eigenvalue weighted by Gasteiger charge is 2.32. The molecule has 0 radical (unpaired) electrons. The van der Waals surface area contributed by atoms with E-state index in [0.29, 0.717) is 35.7 Å². The van der Waals surface area contributed by atoms with Crippen LogP contribution in [0.2, 0.25) is 0 Å². The third-order valence-electron chi connectivity index (χ3n) is 6.15. The third kappa shape index (κ3) is 3.63. The van der Waals surface area contributed by atoms with Crippen molar-refractivity contribution in [1.29, 1.82) is 5.26 Å². The lowest BCUT2D eigenvalue weighted by molar-refractivity contribution is -0.142. The molecule has 29 heavy (non-hydrogen) atoms. The van der Waals surface area contributed by atoms with Gasteiger partial charge in [0.15, 0.2) is 5.82 Å². The zero-order valence-electron chi connectivity index (χ0n) is 16.4. The minimum absolute atomic E-state index is 0.0375. The van der Waals surface area contributed by atoms with E-state index in [1.807, 2.05) is 19.1 Å². The molecule has 0 spiro atoms. The number of nitrogens with zero attached hydrogens (tertiary/aromatic N) is 4. The fourth-order valence-corrected chi connectivity index (χ4v) is 4.67. The summed E-state index contributed by atoms with van der Waals surface area (Å²) in [5.74, 6) is -0.00385. The van der Waals surface area contributed by atoms with Crippen molar-refractivity contribution in [3.05, 3.63) is 34.9 Å². The van der Waals surface area contributed by atoms with E-state index in [1.165, 1.54) is 6.07 Å². The van der Waals surface area contributed by atoms with E-state index in [-0.39, 0.29) is 11.7 Å². The Labute approximate surface area is 169 Å². The van der Waals surface area contributed by atoms with Gasteiger partial charge < -0.3 is 15.1 Å². The van der Waals surface area contributed by atoms with Gasteiger partial charge in [0.1, 0.15) is 5.75 Å². The topological polar surface area (TPSA) is 110 Å². The first-order valence-corrected chi connectivity index (χ1v) is 10.1. The molecule has 0 amide bonds. The number of aryl methyl sites for hydroxylation is 2. The molecule has 2 N–H and O–H groups in total. The number of fused-ring (bicyclic) bond motifs is 1. The number of phenolic OH excluding ortho intramolecular Hbond substituents is 1. The monoisotopic (exact) mass is 392 g/mol. The average molecular weight is 392 g/mol. The molecular formula is C22H24N4O3. The number of aromatic nitrogens is 2. The predicted molar refractivity (Wildman–Crippen MR) is 108 cm³/mol. The second-order valence-electron chi connectivity index (χ2n) is 8.02. The van der Waals surface area contributed by atoms with Gasteiger partial charge in [-0.15, -0.1) is 10.2 Å². The van der Waals surface area contributed by atoms with Gasteiger partial charge in [-0.2, -0.15) is 5.26 Å². The zero-order chi connectivity index (χ0) is 20.5. The van der Waals surface area contributed by atoms with Crippen LogP contribution in [0.1, 0.15) is 48.8 Å². The first-order chi connectivity index (χ1) is 14.0. The Kier molecular flexibility index (Phi) is 5.10. The number of hydrogen-bond donors (Lipinski definition) is 2. The molecule has 7 nitrogen and oxygen atoms in total. The van der Waals surface area contributed by atoms with E-state index < -0.39 is 5.97 Å². The van der Waals surface area contributed by atoms with Gasteiger partial charge in [-0.1, -0.05) is 0 Å². The quantitative estimate of drug-likeness (QED) is 0.823. The Morgan fingerprint density at radius 1 is 1.21 bits per heavy atom. The Bertz CT molecular complexity index is 967. The molecule has 1 saturated carbocycles. The summed E-state index contributed by atoms with van der Waals surface area (Å²) < 4.78 is 0. The SMILES string of the molecule is Cc1cc(C#N)cc(O)c1-c1cc2c(nn1)N(C1CCC(C(=O)O)CC1)CCC2. The first-order valence-electron chi connectivity index (χ1n) is 10.1. The summed E-state index contributed by atoms with van der Waals surface area (Å²) in [5.41, 5.74) is 3.52. The number of benzene rings is 1. The normalized spacial score (nSPS) is 21.3. The van der Waals surface area contributed by atoms with Crippen LogP contribution in [0.4, 0.5) is 5.82 Å². The number of aliphatic carboxylic acids is 1. The Morgan fingerprint density at radius 2 is 1.97 bits per heavy atom. The van der Waals surface area contributed by atoms with E-state index in [4.69, 9.17) is 5.26 Å². The largest absolute Gasteiger partial charge is 0.507 e. The maximum absolute atomic E-state index is 11.2. The fraction of sp³-hybridized carbons (Fsp3) is 0.455. The third-order valence-corrected chi connectivity index (χ3v) is 6.15. The first kappa shape index (κ1) is 19.2. The molecule has 2 aromatic rings. The Morgan fingerprint density at radius 3 is 2.62 bits per heavy atom. The molecule has 1 aromatic carbocycles. The van der Waals surface area contributed by atoms with Crippen LogP contribution in [0.5, 0.6) is 5.75 Å². The van der Waals surface area contributed by atoms with E-state index >= 15 is 0 Å². The van der Waals surface area contributed by atoms with Gasteiger partial charge in [0.25, 0.3) is 0 Å². The van der Waals surface area contributed by atoms with Crippen LogP contribution in [0, 0.1) is 24.2 Å². The molecule has 1 aromatic heterocycles. The highest BCUT2D eigenvalue weighted by Crippen LogP contribution is 2.37. The molecule has 150 valence electrons. The van der Waals surface area contributed by atoms with Crippen molar-refractivity contribution in [1.82, 2.24) is 10.2 Å². The smallest absolute Gasteiger partial charge is 0.306 e. The molecule has 0 bridgehead atoms. The highest BCUT2D eigenvalue weighted by atomic mass is 16.4. The standard InChI is InChI=1S/C22H24N4O3/c1-13-9-14(12-23)10-19(27)20(13)18-11-16-3-2-8-26(21(16)25-24-18)17-6-4-15(5-7-17)22(28)29/h9-11,15,17,27H,2-8H2,1H3,(H,28,29). The van der Waals surface area contributed by atoms with Gasteiger partial charge in [0.2, 0.25) is 0 Å². The number of carbonyl (C=O) groups is 1. The van der Waals surface area contributed by atoms with Gasteiger partial charge in [0.05, 0.1) is 23.2 Å². The molecule has 1 aliphatic carbocycles. The molecule has 1 aliphatic heterocycles. The van der Waals surface area contributed by atoms with Gasteiger partial charge in [0, 0.05) is 18.2 Å². The van der Waals surface area contributed by atoms with Crippen molar-refractivity contribution < 1.29 is 15.0 Å². The molecule has 2 heterocycles. The zero-order valence-corrected chi connectivity index (χ0v) is 16.4. The van der Waals surface area contributed by atoms with Crippen LogP contribution in [-0.2, 0) is 11.2 Å². The van der Waals surface area contributed by atoms with Gasteiger partial charge in [-0.05, 0) is 74.8 Å². The van der Waals surface area contributed by atoms with Crippen LogP contribution in [0.15, 0.2) is 18.2 Å². The fourth-order valence-electron chi connectivity index (χ4n) is 4.67. The average Bonchev–Trinajstić information content (AvgIpc) is 2.72. The predicted octanol–water partition coefficient (Wildman–Crippen LogP) is 3.43. The van der Waals surface area contributed by atoms with Crippen molar-refractivity contribution in [3.63, 3.8) is 0 Å². The van der Waals surface area contributed by atoms with Gasteiger partial charge in [-0.3, -0.25) is 4.79 Å². The van der Waals surface area contributed by atoms with E-state index in [9.17, 15) is 15.0 Å². The number of rotatable bonds is 3. The molecule has 0 atom stereocenters. The minimum atomic E-state index is -0.690. The number of carboxylic acids is 1. The maximum atomic E-state index is 11.2. The van der Waals surface area contributed by atoms with Crippen molar-refractivity contribution in [2.75, 3.05) is 11.4 Å². The number of phenols is 1. The minimum Gasteiger partial charge on any atom is -0.507 e. The molecule has 7 heteroatoms. The second kappa shape index (κ2) is 7.70. The molecule has 2 aliphatic rings. The van der Waals surface area contributed by atoms with E-state index in [0.717, 1.165) is 49.2 Å². The summed E-state index contributed by atoms with van der Waals surface area (Å²) in [6.45, 7) is 2.76. The lowest BCUT2D eigenvalue weighted by Crippen LogP contribution is -2.42. The van der Waals surface area contributed by atoms with Crippen molar-refractivity contribution >= 4 is 11.8 Å². The molecule has 0 unspecified atom stereocenters. The number of aromatic hydroxyl groups is 1. The van der Waals surface area contributed by atoms with Gasteiger partial charge >= 0.3 is 5.97 Å². The Balaban J connectivity index is 1.62. The maximum Gasteiger partial charge on any atom is 0.306 e. The Hall–Kier alpha value is -3.14. The molecular weight excluding hydrogens is 368 g/mol. The molecule has 4 rings (SSSR count).